The van der Waals surface area contributed by atoms with Crippen LogP contribution in [-0.2, 0) is 11.2 Å². The molecule has 1 aliphatic rings. The van der Waals surface area contributed by atoms with Gasteiger partial charge in [0.05, 0.1) is 12.0 Å². The van der Waals surface area contributed by atoms with Gasteiger partial charge in [-0.05, 0) is 60.2 Å². The number of benzene rings is 1. The molecule has 2 unspecified atom stereocenters. The molecule has 1 aromatic rings. The van der Waals surface area contributed by atoms with Crippen molar-refractivity contribution in [3.63, 3.8) is 0 Å². The molecule has 0 amide bonds. The minimum atomic E-state index is -1.55. The highest BCUT2D eigenvalue weighted by Gasteiger charge is 2.47. The van der Waals surface area contributed by atoms with Crippen LogP contribution < -0.4 is 5.32 Å². The van der Waals surface area contributed by atoms with Gasteiger partial charge in [0.2, 0.25) is 0 Å². The largest absolute Gasteiger partial charge is 0.612 e. The Labute approximate surface area is 124 Å². The van der Waals surface area contributed by atoms with E-state index < -0.39 is 27.6 Å². The van der Waals surface area contributed by atoms with Gasteiger partial charge in [0.15, 0.2) is 4.90 Å². The van der Waals surface area contributed by atoms with Gasteiger partial charge in [-0.2, -0.15) is 0 Å². The molecular weight excluding hydrogens is 295 g/mol. The summed E-state index contributed by atoms with van der Waals surface area (Å²) < 4.78 is 24.9. The predicted molar refractivity (Wildman–Crippen MR) is 79.3 cm³/mol. The molecule has 5 nitrogen and oxygen atoms in total. The highest BCUT2D eigenvalue weighted by atomic mass is 32.2. The van der Waals surface area contributed by atoms with Crippen molar-refractivity contribution in [1.82, 2.24) is 5.32 Å². The van der Waals surface area contributed by atoms with Crippen LogP contribution in [0.5, 0.6) is 0 Å². The lowest BCUT2D eigenvalue weighted by atomic mass is 9.86. The molecule has 1 aliphatic carbocycles. The summed E-state index contributed by atoms with van der Waals surface area (Å²) in [5.41, 5.74) is -0.774. The van der Waals surface area contributed by atoms with E-state index >= 15 is 0 Å². The molecule has 0 saturated heterocycles. The van der Waals surface area contributed by atoms with E-state index in [-0.39, 0.29) is 12.0 Å². The van der Waals surface area contributed by atoms with E-state index in [0.29, 0.717) is 10.5 Å². The van der Waals surface area contributed by atoms with Gasteiger partial charge in [0, 0.05) is 4.92 Å². The number of hydrogen-bond donors (Lipinski definition) is 1. The Bertz CT molecular complexity index is 613. The molecule has 1 aromatic carbocycles. The fraction of sp³-hybridized carbons (Fsp3) is 0.286. The SMILES string of the molecule is CNC1([N+](=O)[O-])CC=C(F)C=C1c1ccc([S+](C)[O-])cc1. The number of allylic oxidation sites excluding steroid dienone is 2. The molecule has 0 bridgehead atoms. The molecule has 0 fully saturated rings. The number of hydrogen-bond acceptors (Lipinski definition) is 4. The van der Waals surface area contributed by atoms with Crippen LogP contribution in [0, 0.1) is 10.1 Å². The number of rotatable bonds is 4. The molecular formula is C14H15FN2O3S. The third kappa shape index (κ3) is 2.85. The molecule has 0 spiro atoms. The predicted octanol–water partition coefficient (Wildman–Crippen LogP) is 2.26. The van der Waals surface area contributed by atoms with Crippen LogP contribution in [0.2, 0.25) is 0 Å². The quantitative estimate of drug-likeness (QED) is 0.400. The van der Waals surface area contributed by atoms with Crippen LogP contribution in [0.1, 0.15) is 12.0 Å². The van der Waals surface area contributed by atoms with Crippen LogP contribution in [0.3, 0.4) is 0 Å². The molecule has 0 saturated carbocycles. The second kappa shape index (κ2) is 5.97. The molecule has 0 aromatic heterocycles. The summed E-state index contributed by atoms with van der Waals surface area (Å²) in [6, 6.07) is 6.50. The van der Waals surface area contributed by atoms with Crippen LogP contribution in [0.25, 0.3) is 5.57 Å². The lowest BCUT2D eigenvalue weighted by Crippen LogP contribution is -2.51. The van der Waals surface area contributed by atoms with Gasteiger partial charge in [0.1, 0.15) is 12.1 Å². The number of nitrogens with zero attached hydrogens (tertiary/aromatic N) is 1. The van der Waals surface area contributed by atoms with Crippen molar-refractivity contribution < 1.29 is 13.9 Å². The Balaban J connectivity index is 2.51. The van der Waals surface area contributed by atoms with Crippen molar-refractivity contribution in [2.45, 2.75) is 17.0 Å². The third-order valence-corrected chi connectivity index (χ3v) is 4.48. The lowest BCUT2D eigenvalue weighted by molar-refractivity contribution is -0.557. The summed E-state index contributed by atoms with van der Waals surface area (Å²) >= 11 is -1.13. The van der Waals surface area contributed by atoms with Gasteiger partial charge in [-0.25, -0.2) is 4.39 Å². The summed E-state index contributed by atoms with van der Waals surface area (Å²) in [4.78, 5) is 11.6. The van der Waals surface area contributed by atoms with E-state index in [2.05, 4.69) is 5.32 Å². The maximum atomic E-state index is 13.6. The first-order valence-corrected chi connectivity index (χ1v) is 7.81. The highest BCUT2D eigenvalue weighted by Crippen LogP contribution is 2.36. The fourth-order valence-corrected chi connectivity index (χ4v) is 2.84. The van der Waals surface area contributed by atoms with E-state index in [1.807, 2.05) is 0 Å². The lowest BCUT2D eigenvalue weighted by Gasteiger charge is -2.28. The minimum absolute atomic E-state index is 0.0738. The van der Waals surface area contributed by atoms with Gasteiger partial charge in [-0.1, -0.05) is 0 Å². The van der Waals surface area contributed by atoms with Gasteiger partial charge >= 0.3 is 5.66 Å². The maximum Gasteiger partial charge on any atom is 0.304 e. The van der Waals surface area contributed by atoms with Crippen LogP contribution in [0.15, 0.2) is 47.1 Å². The Morgan fingerprint density at radius 2 is 2.00 bits per heavy atom. The summed E-state index contributed by atoms with van der Waals surface area (Å²) in [7, 11) is 1.48. The van der Waals surface area contributed by atoms with Crippen LogP contribution >= 0.6 is 0 Å². The first-order chi connectivity index (χ1) is 9.90. The topological polar surface area (TPSA) is 78.2 Å². The summed E-state index contributed by atoms with van der Waals surface area (Å²) in [5, 5.41) is 14.2. The third-order valence-electron chi connectivity index (χ3n) is 3.54. The normalized spacial score (nSPS) is 23.2. The number of halogens is 1. The second-order valence-corrected chi connectivity index (χ2v) is 6.08. The van der Waals surface area contributed by atoms with Gasteiger partial charge < -0.3 is 4.55 Å². The van der Waals surface area contributed by atoms with Crippen molar-refractivity contribution in [2.75, 3.05) is 13.3 Å². The van der Waals surface area contributed by atoms with Crippen molar-refractivity contribution >= 4 is 16.7 Å². The van der Waals surface area contributed by atoms with E-state index in [1.54, 1.807) is 30.5 Å². The van der Waals surface area contributed by atoms with E-state index in [4.69, 9.17) is 0 Å². The molecule has 0 radical (unpaired) electrons. The Hall–Kier alpha value is -1.70. The zero-order valence-electron chi connectivity index (χ0n) is 11.6. The van der Waals surface area contributed by atoms with E-state index in [0.717, 1.165) is 0 Å². The van der Waals surface area contributed by atoms with E-state index in [9.17, 15) is 19.1 Å². The van der Waals surface area contributed by atoms with Crippen molar-refractivity contribution in [1.29, 1.82) is 0 Å². The molecule has 0 heterocycles. The molecule has 21 heavy (non-hydrogen) atoms. The van der Waals surface area contributed by atoms with Gasteiger partial charge in [-0.3, -0.25) is 15.4 Å². The number of likely N-dealkylation sites (N-methyl/N-ethyl adjacent to an activating group) is 1. The number of nitro groups is 1. The van der Waals surface area contributed by atoms with Crippen LogP contribution in [0.4, 0.5) is 4.39 Å². The van der Waals surface area contributed by atoms with Crippen molar-refractivity contribution in [3.8, 4) is 0 Å². The summed E-state index contributed by atoms with van der Waals surface area (Å²) in [6.07, 6.45) is 3.83. The molecule has 2 rings (SSSR count). The Morgan fingerprint density at radius 3 is 2.48 bits per heavy atom. The zero-order chi connectivity index (χ0) is 15.6. The maximum absolute atomic E-state index is 13.6. The Morgan fingerprint density at radius 1 is 1.38 bits per heavy atom. The first-order valence-electron chi connectivity index (χ1n) is 6.26. The number of nitrogens with one attached hydrogen (secondary N) is 1. The average Bonchev–Trinajstić information content (AvgIpc) is 2.47. The molecule has 1 N–H and O–H groups in total. The Kier molecular flexibility index (Phi) is 4.46. The van der Waals surface area contributed by atoms with Gasteiger partial charge in [-0.15, -0.1) is 0 Å². The van der Waals surface area contributed by atoms with Gasteiger partial charge in [0.25, 0.3) is 0 Å². The van der Waals surface area contributed by atoms with Crippen molar-refractivity contribution in [3.05, 3.63) is 57.9 Å². The molecule has 112 valence electrons. The standard InChI is InChI=1S/C14H15FN2O3S/c1-16-14(17(18)19)8-7-11(15)9-13(14)10-3-5-12(6-4-10)21(2)20/h3-7,9,16H,8H2,1-2H3. The minimum Gasteiger partial charge on any atom is -0.612 e. The monoisotopic (exact) mass is 310 g/mol. The average molecular weight is 310 g/mol. The summed E-state index contributed by atoms with van der Waals surface area (Å²) in [6.45, 7) is 0. The zero-order valence-corrected chi connectivity index (χ0v) is 12.4. The molecule has 7 heteroatoms. The second-order valence-electron chi connectivity index (χ2n) is 4.70. The smallest absolute Gasteiger partial charge is 0.304 e. The molecule has 0 aliphatic heterocycles. The summed E-state index contributed by atoms with van der Waals surface area (Å²) in [5.74, 6) is -0.499. The van der Waals surface area contributed by atoms with E-state index in [1.165, 1.54) is 19.2 Å². The first kappa shape index (κ1) is 15.7. The molecule has 2 atom stereocenters. The van der Waals surface area contributed by atoms with Crippen LogP contribution in [-0.4, -0.2) is 28.4 Å². The fourth-order valence-electron chi connectivity index (χ4n) is 2.32. The van der Waals surface area contributed by atoms with Crippen molar-refractivity contribution in [2.24, 2.45) is 0 Å². The highest BCUT2D eigenvalue weighted by molar-refractivity contribution is 7.90.